The number of nitrogens with zero attached hydrogens (tertiary/aromatic N) is 4. The number of rotatable bonds is 5. The van der Waals surface area contributed by atoms with Crippen molar-refractivity contribution in [1.82, 2.24) is 19.9 Å². The third-order valence-electron chi connectivity index (χ3n) is 3.77. The molecule has 8 heteroatoms. The summed E-state index contributed by atoms with van der Waals surface area (Å²) in [7, 11) is 2.98. The summed E-state index contributed by atoms with van der Waals surface area (Å²) in [5.74, 6) is -0.632. The zero-order valence-corrected chi connectivity index (χ0v) is 12.9. The highest BCUT2D eigenvalue weighted by atomic mass is 19.1. The molecule has 1 aromatic heterocycles. The monoisotopic (exact) mass is 320 g/mol. The Bertz CT molecular complexity index is 712. The van der Waals surface area contributed by atoms with Crippen LogP contribution < -0.4 is 4.74 Å². The lowest BCUT2D eigenvalue weighted by atomic mass is 10.1. The fourth-order valence-corrected chi connectivity index (χ4v) is 2.48. The van der Waals surface area contributed by atoms with Gasteiger partial charge in [0.05, 0.1) is 26.0 Å². The molecule has 1 saturated heterocycles. The second kappa shape index (κ2) is 6.33. The number of methoxy groups -OCH3 is 2. The van der Waals surface area contributed by atoms with Crippen molar-refractivity contribution in [2.45, 2.75) is 12.6 Å². The van der Waals surface area contributed by atoms with Crippen molar-refractivity contribution in [3.63, 3.8) is 0 Å². The first kappa shape index (κ1) is 15.4. The van der Waals surface area contributed by atoms with Gasteiger partial charge in [0.25, 0.3) is 5.91 Å². The van der Waals surface area contributed by atoms with Crippen LogP contribution in [0.3, 0.4) is 0 Å². The Morgan fingerprint density at radius 3 is 2.83 bits per heavy atom. The maximum absolute atomic E-state index is 13.7. The molecule has 0 radical (unpaired) electrons. The van der Waals surface area contributed by atoms with Gasteiger partial charge in [-0.1, -0.05) is 5.21 Å². The second-order valence-corrected chi connectivity index (χ2v) is 5.34. The Balaban J connectivity index is 1.62. The highest BCUT2D eigenvalue weighted by Crippen LogP contribution is 2.24. The molecule has 122 valence electrons. The van der Waals surface area contributed by atoms with Gasteiger partial charge in [0.2, 0.25) is 0 Å². The van der Waals surface area contributed by atoms with Crippen LogP contribution in [0.5, 0.6) is 5.75 Å². The molecule has 1 fully saturated rings. The zero-order chi connectivity index (χ0) is 16.4. The van der Waals surface area contributed by atoms with Gasteiger partial charge in [0, 0.05) is 25.8 Å². The van der Waals surface area contributed by atoms with Gasteiger partial charge >= 0.3 is 0 Å². The molecule has 3 rings (SSSR count). The summed E-state index contributed by atoms with van der Waals surface area (Å²) in [5.41, 5.74) is 1.05. The van der Waals surface area contributed by atoms with E-state index in [0.717, 1.165) is 5.69 Å². The van der Waals surface area contributed by atoms with Gasteiger partial charge in [-0.25, -0.2) is 9.07 Å². The fourth-order valence-electron chi connectivity index (χ4n) is 2.48. The van der Waals surface area contributed by atoms with Crippen molar-refractivity contribution < 1.29 is 18.7 Å². The number of aromatic nitrogens is 3. The number of hydrogen-bond acceptors (Lipinski definition) is 5. The minimum atomic E-state index is -0.545. The van der Waals surface area contributed by atoms with Crippen molar-refractivity contribution in [2.24, 2.45) is 0 Å². The summed E-state index contributed by atoms with van der Waals surface area (Å²) in [6.07, 6.45) is 1.81. The highest BCUT2D eigenvalue weighted by molar-refractivity contribution is 5.94. The Kier molecular flexibility index (Phi) is 4.24. The van der Waals surface area contributed by atoms with Gasteiger partial charge in [0.1, 0.15) is 5.69 Å². The molecule has 0 aliphatic carbocycles. The molecule has 0 spiro atoms. The predicted molar refractivity (Wildman–Crippen MR) is 78.6 cm³/mol. The smallest absolute Gasteiger partial charge is 0.254 e. The topological polar surface area (TPSA) is 69.5 Å². The summed E-state index contributed by atoms with van der Waals surface area (Å²) >= 11 is 0. The standard InChI is InChI=1S/C15H17FN4O3/c1-22-9-11-6-20(18-17-11)12-7-19(8-12)15(21)10-3-4-14(23-2)13(16)5-10/h3-6,12H,7-9H2,1-2H3. The summed E-state index contributed by atoms with van der Waals surface area (Å²) in [5, 5.41) is 8.02. The minimum Gasteiger partial charge on any atom is -0.494 e. The average molecular weight is 320 g/mol. The number of carbonyl (C=O) groups excluding carboxylic acids is 1. The van der Waals surface area contributed by atoms with E-state index < -0.39 is 5.82 Å². The average Bonchev–Trinajstić information content (AvgIpc) is 2.94. The SMILES string of the molecule is COCc1cn(C2CN(C(=O)c3ccc(OC)c(F)c3)C2)nn1. The number of benzene rings is 1. The molecule has 2 aromatic rings. The number of amides is 1. The third kappa shape index (κ3) is 3.02. The molecule has 0 saturated carbocycles. The maximum atomic E-state index is 13.7. The lowest BCUT2D eigenvalue weighted by Crippen LogP contribution is -2.50. The molecule has 0 bridgehead atoms. The van der Waals surface area contributed by atoms with Crippen LogP contribution in [0, 0.1) is 5.82 Å². The number of halogens is 1. The minimum absolute atomic E-state index is 0.0835. The molecule has 23 heavy (non-hydrogen) atoms. The van der Waals surface area contributed by atoms with E-state index in [9.17, 15) is 9.18 Å². The van der Waals surface area contributed by atoms with Crippen LogP contribution in [0.2, 0.25) is 0 Å². The number of carbonyl (C=O) groups is 1. The zero-order valence-electron chi connectivity index (χ0n) is 12.9. The Morgan fingerprint density at radius 2 is 2.17 bits per heavy atom. The van der Waals surface area contributed by atoms with Crippen LogP contribution in [0.4, 0.5) is 4.39 Å². The lowest BCUT2D eigenvalue weighted by Gasteiger charge is -2.38. The van der Waals surface area contributed by atoms with Gasteiger partial charge < -0.3 is 14.4 Å². The van der Waals surface area contributed by atoms with Crippen molar-refractivity contribution in [2.75, 3.05) is 27.3 Å². The summed E-state index contributed by atoms with van der Waals surface area (Å²) < 4.78 is 25.3. The van der Waals surface area contributed by atoms with Gasteiger partial charge in [-0.3, -0.25) is 4.79 Å². The van der Waals surface area contributed by atoms with Crippen LogP contribution in [0.1, 0.15) is 22.1 Å². The van der Waals surface area contributed by atoms with Crippen LogP contribution in [-0.2, 0) is 11.3 Å². The van der Waals surface area contributed by atoms with E-state index in [2.05, 4.69) is 10.3 Å². The predicted octanol–water partition coefficient (Wildman–Crippen LogP) is 1.27. The largest absolute Gasteiger partial charge is 0.494 e. The van der Waals surface area contributed by atoms with Gasteiger partial charge in [0.15, 0.2) is 11.6 Å². The quantitative estimate of drug-likeness (QED) is 0.830. The Hall–Kier alpha value is -2.48. The molecular formula is C15H17FN4O3. The van der Waals surface area contributed by atoms with E-state index >= 15 is 0 Å². The summed E-state index contributed by atoms with van der Waals surface area (Å²) in [6, 6.07) is 4.29. The van der Waals surface area contributed by atoms with Crippen molar-refractivity contribution >= 4 is 5.91 Å². The van der Waals surface area contributed by atoms with E-state index in [-0.39, 0.29) is 17.7 Å². The fraction of sp³-hybridized carbons (Fsp3) is 0.400. The van der Waals surface area contributed by atoms with E-state index in [1.807, 2.05) is 6.20 Å². The molecule has 1 aliphatic heterocycles. The second-order valence-electron chi connectivity index (χ2n) is 5.34. The third-order valence-corrected chi connectivity index (χ3v) is 3.77. The van der Waals surface area contributed by atoms with Gasteiger partial charge in [-0.15, -0.1) is 5.10 Å². The molecule has 2 heterocycles. The van der Waals surface area contributed by atoms with E-state index in [1.54, 1.807) is 22.8 Å². The first-order valence-electron chi connectivity index (χ1n) is 7.15. The van der Waals surface area contributed by atoms with Gasteiger partial charge in [-0.2, -0.15) is 0 Å². The van der Waals surface area contributed by atoms with Crippen molar-refractivity contribution in [1.29, 1.82) is 0 Å². The number of ether oxygens (including phenoxy) is 2. The highest BCUT2D eigenvalue weighted by Gasteiger charge is 2.33. The maximum Gasteiger partial charge on any atom is 0.254 e. The molecule has 0 unspecified atom stereocenters. The first-order valence-corrected chi connectivity index (χ1v) is 7.15. The van der Waals surface area contributed by atoms with Crippen molar-refractivity contribution in [3.05, 3.63) is 41.5 Å². The van der Waals surface area contributed by atoms with E-state index in [0.29, 0.717) is 25.3 Å². The molecule has 1 amide bonds. The lowest BCUT2D eigenvalue weighted by molar-refractivity contribution is 0.0497. The molecular weight excluding hydrogens is 303 g/mol. The Labute approximate surface area is 132 Å². The summed E-state index contributed by atoms with van der Waals surface area (Å²) in [6.45, 7) is 1.44. The first-order chi connectivity index (χ1) is 11.1. The molecule has 1 aliphatic rings. The Morgan fingerprint density at radius 1 is 1.39 bits per heavy atom. The summed E-state index contributed by atoms with van der Waals surface area (Å²) in [4.78, 5) is 14.0. The number of likely N-dealkylation sites (tertiary alicyclic amines) is 1. The molecule has 0 atom stereocenters. The molecule has 0 N–H and O–H groups in total. The normalized spacial score (nSPS) is 14.7. The van der Waals surface area contributed by atoms with Crippen molar-refractivity contribution in [3.8, 4) is 5.75 Å². The van der Waals surface area contributed by atoms with E-state index in [4.69, 9.17) is 9.47 Å². The molecule has 1 aromatic carbocycles. The van der Waals surface area contributed by atoms with Crippen LogP contribution >= 0.6 is 0 Å². The van der Waals surface area contributed by atoms with Crippen LogP contribution in [0.15, 0.2) is 24.4 Å². The molecule has 7 nitrogen and oxygen atoms in total. The van der Waals surface area contributed by atoms with Crippen LogP contribution in [0.25, 0.3) is 0 Å². The van der Waals surface area contributed by atoms with E-state index in [1.165, 1.54) is 19.2 Å². The number of hydrogen-bond donors (Lipinski definition) is 0. The van der Waals surface area contributed by atoms with Gasteiger partial charge in [-0.05, 0) is 18.2 Å². The van der Waals surface area contributed by atoms with Crippen LogP contribution in [-0.4, -0.2) is 53.1 Å².